The van der Waals surface area contributed by atoms with E-state index in [1.54, 1.807) is 0 Å². The highest BCUT2D eigenvalue weighted by molar-refractivity contribution is 5.95. The Balaban J connectivity index is 0.00000161. The van der Waals surface area contributed by atoms with E-state index in [2.05, 4.69) is 18.3 Å². The van der Waals surface area contributed by atoms with Crippen LogP contribution in [-0.2, 0) is 6.42 Å². The van der Waals surface area contributed by atoms with Crippen LogP contribution in [0, 0.1) is 5.92 Å². The van der Waals surface area contributed by atoms with E-state index in [1.165, 1.54) is 24.1 Å². The summed E-state index contributed by atoms with van der Waals surface area (Å²) in [5.41, 5.74) is 3.31. The van der Waals surface area contributed by atoms with Gasteiger partial charge in [0, 0.05) is 30.9 Å². The molecule has 0 bridgehead atoms. The van der Waals surface area contributed by atoms with Crippen LogP contribution >= 0.6 is 12.4 Å². The maximum Gasteiger partial charge on any atom is 0.253 e. The molecule has 2 aliphatic rings. The maximum atomic E-state index is 12.7. The molecule has 116 valence electrons. The van der Waals surface area contributed by atoms with Gasteiger partial charge >= 0.3 is 0 Å². The molecule has 2 atom stereocenters. The molecule has 1 amide bonds. The number of carbonyl (C=O) groups is 1. The van der Waals surface area contributed by atoms with E-state index in [9.17, 15) is 4.79 Å². The summed E-state index contributed by atoms with van der Waals surface area (Å²) in [5.74, 6) is 0.923. The van der Waals surface area contributed by atoms with Crippen LogP contribution in [0.25, 0.3) is 0 Å². The van der Waals surface area contributed by atoms with E-state index in [-0.39, 0.29) is 18.3 Å². The lowest BCUT2D eigenvalue weighted by atomic mass is 9.86. The molecule has 1 saturated carbocycles. The van der Waals surface area contributed by atoms with Gasteiger partial charge in [-0.2, -0.15) is 0 Å². The largest absolute Gasteiger partial charge is 0.384 e. The molecule has 1 aliphatic heterocycles. The van der Waals surface area contributed by atoms with Crippen LogP contribution in [0.2, 0.25) is 0 Å². The quantitative estimate of drug-likeness (QED) is 0.903. The Bertz CT molecular complexity index is 518. The second-order valence-electron chi connectivity index (χ2n) is 6.39. The van der Waals surface area contributed by atoms with Crippen LogP contribution in [-0.4, -0.2) is 30.4 Å². The second kappa shape index (κ2) is 6.69. The lowest BCUT2D eigenvalue weighted by Gasteiger charge is -2.34. The van der Waals surface area contributed by atoms with Gasteiger partial charge in [-0.15, -0.1) is 12.4 Å². The summed E-state index contributed by atoms with van der Waals surface area (Å²) in [7, 11) is 1.97. The molecule has 0 radical (unpaired) electrons. The molecule has 2 unspecified atom stereocenters. The number of nitrogens with one attached hydrogen (secondary N) is 1. The fraction of sp³-hybridized carbons (Fsp3) is 0.588. The van der Waals surface area contributed by atoms with Crippen molar-refractivity contribution in [3.63, 3.8) is 0 Å². The Labute approximate surface area is 133 Å². The summed E-state index contributed by atoms with van der Waals surface area (Å²) in [6.07, 6.45) is 5.88. The van der Waals surface area contributed by atoms with Crippen molar-refractivity contribution < 1.29 is 4.79 Å². The van der Waals surface area contributed by atoms with Crippen LogP contribution in [0.3, 0.4) is 0 Å². The Morgan fingerprint density at radius 2 is 2.14 bits per heavy atom. The van der Waals surface area contributed by atoms with Gasteiger partial charge in [0.05, 0.1) is 0 Å². The molecule has 0 spiro atoms. The highest BCUT2D eigenvalue weighted by Crippen LogP contribution is 2.28. The Kier molecular flexibility index (Phi) is 5.15. The van der Waals surface area contributed by atoms with Crippen molar-refractivity contribution in [3.8, 4) is 0 Å². The normalized spacial score (nSPS) is 23.7. The number of nitrogens with zero attached hydrogens (tertiary/aromatic N) is 1. The SMILES string of the molecule is CC1CCCC(N(C)C(=O)c2ccc3c(c2)CCN3)C1.Cl. The van der Waals surface area contributed by atoms with Gasteiger partial charge in [0.15, 0.2) is 0 Å². The molecule has 1 N–H and O–H groups in total. The monoisotopic (exact) mass is 308 g/mol. The number of benzene rings is 1. The highest BCUT2D eigenvalue weighted by Gasteiger charge is 2.26. The lowest BCUT2D eigenvalue weighted by molar-refractivity contribution is 0.0672. The predicted molar refractivity (Wildman–Crippen MR) is 89.4 cm³/mol. The molecule has 21 heavy (non-hydrogen) atoms. The van der Waals surface area contributed by atoms with E-state index in [0.717, 1.165) is 37.3 Å². The Morgan fingerprint density at radius 1 is 1.33 bits per heavy atom. The summed E-state index contributed by atoms with van der Waals surface area (Å²) in [6, 6.07) is 6.49. The van der Waals surface area contributed by atoms with Crippen LogP contribution < -0.4 is 5.32 Å². The summed E-state index contributed by atoms with van der Waals surface area (Å²) in [4.78, 5) is 14.6. The fourth-order valence-corrected chi connectivity index (χ4v) is 3.56. The molecule has 0 saturated heterocycles. The number of halogens is 1. The van der Waals surface area contributed by atoms with Gasteiger partial charge in [-0.3, -0.25) is 4.79 Å². The molecular weight excluding hydrogens is 284 g/mol. The average Bonchev–Trinajstić information content (AvgIpc) is 2.93. The van der Waals surface area contributed by atoms with Crippen molar-refractivity contribution in [3.05, 3.63) is 29.3 Å². The summed E-state index contributed by atoms with van der Waals surface area (Å²) < 4.78 is 0. The van der Waals surface area contributed by atoms with Gasteiger partial charge in [-0.05, 0) is 48.9 Å². The highest BCUT2D eigenvalue weighted by atomic mass is 35.5. The standard InChI is InChI=1S/C17H24N2O.ClH/c1-12-4-3-5-15(10-12)19(2)17(20)14-6-7-16-13(11-14)8-9-18-16;/h6-7,11-12,15,18H,3-5,8-10H2,1-2H3;1H. The third-order valence-electron chi connectivity index (χ3n) is 4.84. The molecule has 1 aliphatic carbocycles. The minimum absolute atomic E-state index is 0. The van der Waals surface area contributed by atoms with E-state index in [4.69, 9.17) is 0 Å². The number of amides is 1. The zero-order valence-corrected chi connectivity index (χ0v) is 13.7. The van der Waals surface area contributed by atoms with Gasteiger partial charge < -0.3 is 10.2 Å². The number of hydrogen-bond acceptors (Lipinski definition) is 2. The summed E-state index contributed by atoms with van der Waals surface area (Å²) in [6.45, 7) is 3.29. The molecule has 1 fully saturated rings. The average molecular weight is 309 g/mol. The van der Waals surface area contributed by atoms with Gasteiger partial charge in [0.1, 0.15) is 0 Å². The number of anilines is 1. The van der Waals surface area contributed by atoms with Crippen molar-refractivity contribution in [2.45, 2.75) is 45.1 Å². The van der Waals surface area contributed by atoms with Gasteiger partial charge in [-0.1, -0.05) is 19.8 Å². The number of hydrogen-bond donors (Lipinski definition) is 1. The minimum atomic E-state index is 0. The zero-order chi connectivity index (χ0) is 14.1. The Morgan fingerprint density at radius 3 is 2.90 bits per heavy atom. The van der Waals surface area contributed by atoms with Crippen LogP contribution in [0.1, 0.15) is 48.5 Å². The molecule has 1 aromatic rings. The van der Waals surface area contributed by atoms with E-state index in [0.29, 0.717) is 6.04 Å². The van der Waals surface area contributed by atoms with Crippen LogP contribution in [0.4, 0.5) is 5.69 Å². The number of rotatable bonds is 2. The zero-order valence-electron chi connectivity index (χ0n) is 12.9. The first-order chi connectivity index (χ1) is 9.65. The topological polar surface area (TPSA) is 32.3 Å². The molecule has 3 nitrogen and oxygen atoms in total. The van der Waals surface area contributed by atoms with E-state index < -0.39 is 0 Å². The van der Waals surface area contributed by atoms with E-state index >= 15 is 0 Å². The van der Waals surface area contributed by atoms with Gasteiger partial charge in [0.2, 0.25) is 0 Å². The third kappa shape index (κ3) is 3.34. The fourth-order valence-electron chi connectivity index (χ4n) is 3.56. The molecule has 4 heteroatoms. The van der Waals surface area contributed by atoms with Crippen molar-refractivity contribution in [1.29, 1.82) is 0 Å². The smallest absolute Gasteiger partial charge is 0.253 e. The second-order valence-corrected chi connectivity index (χ2v) is 6.39. The van der Waals surface area contributed by atoms with Crippen molar-refractivity contribution in [1.82, 2.24) is 4.90 Å². The molecule has 1 heterocycles. The van der Waals surface area contributed by atoms with Crippen molar-refractivity contribution in [2.24, 2.45) is 5.92 Å². The van der Waals surface area contributed by atoms with Gasteiger partial charge in [0.25, 0.3) is 5.91 Å². The van der Waals surface area contributed by atoms with Gasteiger partial charge in [-0.25, -0.2) is 0 Å². The predicted octanol–water partition coefficient (Wildman–Crippen LogP) is 3.73. The first-order valence-electron chi connectivity index (χ1n) is 7.79. The first kappa shape index (κ1) is 16.2. The van der Waals surface area contributed by atoms with Crippen LogP contribution in [0.15, 0.2) is 18.2 Å². The first-order valence-corrected chi connectivity index (χ1v) is 7.79. The van der Waals surface area contributed by atoms with Crippen LogP contribution in [0.5, 0.6) is 0 Å². The minimum Gasteiger partial charge on any atom is -0.384 e. The maximum absolute atomic E-state index is 12.7. The van der Waals surface area contributed by atoms with E-state index in [1.807, 2.05) is 24.1 Å². The molecular formula is C17H25ClN2O. The molecule has 1 aromatic carbocycles. The van der Waals surface area contributed by atoms with Crippen molar-refractivity contribution >= 4 is 24.0 Å². The van der Waals surface area contributed by atoms with Crippen molar-refractivity contribution in [2.75, 3.05) is 18.9 Å². The Hall–Kier alpha value is -1.22. The molecule has 0 aromatic heterocycles. The number of carbonyl (C=O) groups excluding carboxylic acids is 1. The summed E-state index contributed by atoms with van der Waals surface area (Å²) >= 11 is 0. The summed E-state index contributed by atoms with van der Waals surface area (Å²) in [5, 5.41) is 3.34. The number of fused-ring (bicyclic) bond motifs is 1. The molecule has 3 rings (SSSR count). The lowest BCUT2D eigenvalue weighted by Crippen LogP contribution is -2.39. The third-order valence-corrected chi connectivity index (χ3v) is 4.84.